The lowest BCUT2D eigenvalue weighted by atomic mass is 10.0. The van der Waals surface area contributed by atoms with Gasteiger partial charge in [-0.05, 0) is 75.9 Å². The minimum Gasteiger partial charge on any atom is -0.497 e. The molecule has 298 valence electrons. The van der Waals surface area contributed by atoms with Crippen LogP contribution >= 0.6 is 0 Å². The fourth-order valence-corrected chi connectivity index (χ4v) is 6.47. The van der Waals surface area contributed by atoms with E-state index in [0.717, 1.165) is 4.90 Å². The first-order valence-corrected chi connectivity index (χ1v) is 18.5. The van der Waals surface area contributed by atoms with E-state index in [4.69, 9.17) is 19.2 Å². The number of hydrogen-bond acceptors (Lipinski definition) is 13. The number of piperidine rings is 1. The van der Waals surface area contributed by atoms with Crippen LogP contribution in [0.4, 0.5) is 16.6 Å². The number of urea groups is 1. The number of nitrogens with one attached hydrogen (secondary N) is 4. The molecule has 0 saturated carbocycles. The van der Waals surface area contributed by atoms with Crippen molar-refractivity contribution in [2.24, 2.45) is 0 Å². The molecule has 1 unspecified atom stereocenters. The SMILES string of the molecule is COc1cc(OC)cc(-c2cc3cnc(NCCCCCC(=O)COc4cccc5c4C(=O)N(C4CCC(=O)NC4=O)C5=O)nc3nc2NC(=O)NC(C)(C)C)c1. The van der Waals surface area contributed by atoms with E-state index in [-0.39, 0.29) is 54.3 Å². The zero-order valence-electron chi connectivity index (χ0n) is 32.3. The summed E-state index contributed by atoms with van der Waals surface area (Å²) in [4.78, 5) is 90.6. The summed E-state index contributed by atoms with van der Waals surface area (Å²) in [6.07, 6.45) is 3.93. The summed E-state index contributed by atoms with van der Waals surface area (Å²) in [6.45, 7) is 5.85. The van der Waals surface area contributed by atoms with Gasteiger partial charge in [0.05, 0.1) is 25.3 Å². The number of rotatable bonds is 15. The van der Waals surface area contributed by atoms with E-state index in [1.807, 2.05) is 39.0 Å². The van der Waals surface area contributed by atoms with E-state index in [2.05, 4.69) is 31.2 Å². The summed E-state index contributed by atoms with van der Waals surface area (Å²) in [7, 11) is 3.11. The lowest BCUT2D eigenvalue weighted by Gasteiger charge is -2.27. The molecule has 17 heteroatoms. The van der Waals surface area contributed by atoms with Crippen molar-refractivity contribution in [3.63, 3.8) is 0 Å². The molecule has 1 atom stereocenters. The van der Waals surface area contributed by atoms with E-state index in [1.54, 1.807) is 32.5 Å². The number of amides is 6. The molecule has 2 aromatic heterocycles. The van der Waals surface area contributed by atoms with Gasteiger partial charge in [0.1, 0.15) is 35.7 Å². The van der Waals surface area contributed by atoms with Gasteiger partial charge in [-0.1, -0.05) is 12.5 Å². The van der Waals surface area contributed by atoms with Gasteiger partial charge in [-0.3, -0.25) is 39.5 Å². The number of aromatic nitrogens is 3. The van der Waals surface area contributed by atoms with Crippen LogP contribution in [0.2, 0.25) is 0 Å². The average molecular weight is 781 g/mol. The molecule has 2 aliphatic heterocycles. The highest BCUT2D eigenvalue weighted by molar-refractivity contribution is 6.24. The highest BCUT2D eigenvalue weighted by Crippen LogP contribution is 2.36. The van der Waals surface area contributed by atoms with Crippen LogP contribution in [-0.2, 0) is 14.4 Å². The Balaban J connectivity index is 1.02. The van der Waals surface area contributed by atoms with Gasteiger partial charge in [0.25, 0.3) is 11.8 Å². The number of imide groups is 2. The molecule has 0 bridgehead atoms. The minimum absolute atomic E-state index is 0.00586. The van der Waals surface area contributed by atoms with Crippen LogP contribution in [0.3, 0.4) is 0 Å². The van der Waals surface area contributed by atoms with Crippen molar-refractivity contribution in [1.29, 1.82) is 0 Å². The van der Waals surface area contributed by atoms with E-state index < -0.39 is 41.2 Å². The van der Waals surface area contributed by atoms with Gasteiger partial charge in [-0.2, -0.15) is 4.98 Å². The molecule has 2 aliphatic rings. The van der Waals surface area contributed by atoms with Gasteiger partial charge in [0, 0.05) is 48.1 Å². The number of ketones is 1. The standard InChI is InChI=1S/C40H44N8O9/c1-40(2,3)47-39(54)46-34-28(22-16-25(55-4)19-26(17-22)56-5)18-23-20-42-38(45-33(23)44-34)41-15-8-6-7-10-24(49)21-57-30-12-9-11-27-32(30)37(53)48(36(27)52)29-13-14-31(50)43-35(29)51/h9,11-12,16-20,29H,6-8,10,13-15,21H2,1-5H3,(H,43,50,51)(H3,41,42,44,45,46,47,54). The number of pyridine rings is 1. The normalized spacial score (nSPS) is 15.2. The van der Waals surface area contributed by atoms with E-state index in [9.17, 15) is 28.8 Å². The number of methoxy groups -OCH3 is 2. The second-order valence-electron chi connectivity index (χ2n) is 14.6. The highest BCUT2D eigenvalue weighted by atomic mass is 16.5. The first-order chi connectivity index (χ1) is 27.2. The molecule has 4 N–H and O–H groups in total. The number of nitrogens with zero attached hydrogens (tertiary/aromatic N) is 4. The molecule has 6 amide bonds. The van der Waals surface area contributed by atoms with Crippen molar-refractivity contribution in [2.45, 2.75) is 70.9 Å². The summed E-state index contributed by atoms with van der Waals surface area (Å²) < 4.78 is 16.6. The van der Waals surface area contributed by atoms with E-state index in [1.165, 1.54) is 12.1 Å². The van der Waals surface area contributed by atoms with Crippen molar-refractivity contribution in [1.82, 2.24) is 30.5 Å². The van der Waals surface area contributed by atoms with Crippen LogP contribution in [0.1, 0.15) is 80.0 Å². The van der Waals surface area contributed by atoms with Gasteiger partial charge < -0.3 is 24.8 Å². The van der Waals surface area contributed by atoms with Gasteiger partial charge in [-0.15, -0.1) is 0 Å². The largest absolute Gasteiger partial charge is 0.497 e. The fourth-order valence-electron chi connectivity index (χ4n) is 6.47. The molecule has 17 nitrogen and oxygen atoms in total. The molecule has 1 fully saturated rings. The summed E-state index contributed by atoms with van der Waals surface area (Å²) in [5.74, 6) is -0.864. The van der Waals surface area contributed by atoms with E-state index >= 15 is 0 Å². The van der Waals surface area contributed by atoms with Gasteiger partial charge in [0.15, 0.2) is 11.4 Å². The van der Waals surface area contributed by atoms with Crippen molar-refractivity contribution < 1.29 is 43.0 Å². The molecule has 0 radical (unpaired) electrons. The number of anilines is 2. The zero-order valence-corrected chi connectivity index (χ0v) is 32.3. The van der Waals surface area contributed by atoms with Crippen LogP contribution in [0.25, 0.3) is 22.2 Å². The fraction of sp³-hybridized carbons (Fsp3) is 0.375. The smallest absolute Gasteiger partial charge is 0.320 e. The maximum atomic E-state index is 13.3. The van der Waals surface area contributed by atoms with Gasteiger partial charge >= 0.3 is 6.03 Å². The second kappa shape index (κ2) is 17.0. The summed E-state index contributed by atoms with van der Waals surface area (Å²) in [6, 6.07) is 10.2. The highest BCUT2D eigenvalue weighted by Gasteiger charge is 2.46. The summed E-state index contributed by atoms with van der Waals surface area (Å²) in [5.41, 5.74) is 1.26. The van der Waals surface area contributed by atoms with Crippen molar-refractivity contribution >= 4 is 58.2 Å². The molecule has 2 aromatic carbocycles. The molecule has 6 rings (SSSR count). The maximum absolute atomic E-state index is 13.3. The van der Waals surface area contributed by atoms with Crippen molar-refractivity contribution in [2.75, 3.05) is 38.0 Å². The minimum atomic E-state index is -1.10. The molecular weight excluding hydrogens is 736 g/mol. The van der Waals surface area contributed by atoms with Gasteiger partial charge in [0.2, 0.25) is 17.8 Å². The zero-order chi connectivity index (χ0) is 40.9. The molecule has 4 aromatic rings. The maximum Gasteiger partial charge on any atom is 0.320 e. The summed E-state index contributed by atoms with van der Waals surface area (Å²) in [5, 5.41) is 11.8. The lowest BCUT2D eigenvalue weighted by molar-refractivity contribution is -0.136. The number of hydrogen-bond donors (Lipinski definition) is 4. The Morgan fingerprint density at radius 1 is 0.930 bits per heavy atom. The van der Waals surface area contributed by atoms with Crippen LogP contribution in [0, 0.1) is 0 Å². The Morgan fingerprint density at radius 3 is 2.39 bits per heavy atom. The predicted molar refractivity (Wildman–Crippen MR) is 208 cm³/mol. The quantitative estimate of drug-likeness (QED) is 0.0955. The number of fused-ring (bicyclic) bond motifs is 2. The number of Topliss-reactive ketones (excluding diaryl/α,β-unsaturated/α-hetero) is 1. The third-order valence-electron chi connectivity index (χ3n) is 9.19. The average Bonchev–Trinajstić information content (AvgIpc) is 3.42. The molecule has 57 heavy (non-hydrogen) atoms. The molecule has 0 aliphatic carbocycles. The summed E-state index contributed by atoms with van der Waals surface area (Å²) >= 11 is 0. The molecular formula is C40H44N8O9. The third kappa shape index (κ3) is 9.42. The molecule has 1 saturated heterocycles. The number of benzene rings is 2. The number of ether oxygens (including phenoxy) is 3. The van der Waals surface area contributed by atoms with Crippen LogP contribution in [0.5, 0.6) is 17.2 Å². The van der Waals surface area contributed by atoms with Crippen molar-refractivity contribution in [3.8, 4) is 28.4 Å². The van der Waals surface area contributed by atoms with Crippen LogP contribution in [0.15, 0.2) is 48.7 Å². The third-order valence-corrected chi connectivity index (χ3v) is 9.19. The Hall–Kier alpha value is -6.65. The Morgan fingerprint density at radius 2 is 1.68 bits per heavy atom. The number of carbonyl (C=O) groups is 6. The Kier molecular flexibility index (Phi) is 11.9. The second-order valence-corrected chi connectivity index (χ2v) is 14.6. The predicted octanol–water partition coefficient (Wildman–Crippen LogP) is 4.65. The topological polar surface area (TPSA) is 220 Å². The van der Waals surface area contributed by atoms with E-state index in [0.29, 0.717) is 65.4 Å². The van der Waals surface area contributed by atoms with Crippen molar-refractivity contribution in [3.05, 3.63) is 59.8 Å². The van der Waals surface area contributed by atoms with Crippen LogP contribution in [-0.4, -0.2) is 94.2 Å². The monoisotopic (exact) mass is 780 g/mol. The number of unbranched alkanes of at least 4 members (excludes halogenated alkanes) is 2. The molecule has 0 spiro atoms. The first kappa shape index (κ1) is 40.0. The Labute approximate surface area is 328 Å². The lowest BCUT2D eigenvalue weighted by Crippen LogP contribution is -2.54. The molecule has 4 heterocycles. The van der Waals surface area contributed by atoms with Crippen LogP contribution < -0.4 is 35.5 Å². The Bertz CT molecular complexity index is 2230. The number of carbonyl (C=O) groups excluding carboxylic acids is 6. The van der Waals surface area contributed by atoms with Gasteiger partial charge in [-0.25, -0.2) is 14.8 Å². The first-order valence-electron chi connectivity index (χ1n) is 18.5.